The monoisotopic (exact) mass is 333 g/mol. The van der Waals surface area contributed by atoms with Gasteiger partial charge in [0, 0.05) is 50.4 Å². The third-order valence-corrected chi connectivity index (χ3v) is 5.41. The van der Waals surface area contributed by atoms with Crippen LogP contribution in [0.3, 0.4) is 0 Å². The smallest absolute Gasteiger partial charge is 0.274 e. The zero-order chi connectivity index (χ0) is 16.7. The minimum absolute atomic E-state index is 0.00232. The quantitative estimate of drug-likeness (QED) is 0.724. The molecule has 0 bridgehead atoms. The van der Waals surface area contributed by atoms with Gasteiger partial charge in [0.25, 0.3) is 5.91 Å². The van der Waals surface area contributed by atoms with Crippen LogP contribution in [-0.2, 0) is 22.5 Å². The van der Waals surface area contributed by atoms with Crippen LogP contribution in [0.15, 0.2) is 0 Å². The van der Waals surface area contributed by atoms with Crippen LogP contribution in [0.2, 0.25) is 0 Å². The van der Waals surface area contributed by atoms with Crippen molar-refractivity contribution in [3.8, 4) is 0 Å². The fraction of sp³-hybridized carbons (Fsp3) is 0.688. The largest absolute Gasteiger partial charge is 0.363 e. The summed E-state index contributed by atoms with van der Waals surface area (Å²) in [6, 6.07) is 0. The van der Waals surface area contributed by atoms with Crippen molar-refractivity contribution in [3.63, 3.8) is 0 Å². The molecule has 130 valence electrons. The number of fused-ring (bicyclic) bond motifs is 1. The molecule has 24 heavy (non-hydrogen) atoms. The number of hydrogen-bond acceptors (Lipinski definition) is 5. The zero-order valence-electron chi connectivity index (χ0n) is 13.9. The lowest BCUT2D eigenvalue weighted by atomic mass is 9.89. The van der Waals surface area contributed by atoms with Crippen LogP contribution < -0.4 is 5.32 Å². The predicted octanol–water partition coefficient (Wildman–Crippen LogP) is -0.481. The van der Waals surface area contributed by atoms with Gasteiger partial charge in [0.15, 0.2) is 5.69 Å². The first-order valence-corrected chi connectivity index (χ1v) is 8.51. The first-order valence-electron chi connectivity index (χ1n) is 8.51. The summed E-state index contributed by atoms with van der Waals surface area (Å²) in [6.45, 7) is 3.67. The Bertz CT molecular complexity index is 651. The second-order valence-corrected chi connectivity index (χ2v) is 7.06. The van der Waals surface area contributed by atoms with Gasteiger partial charge < -0.3 is 19.9 Å². The Morgan fingerprint density at radius 2 is 2.08 bits per heavy atom. The van der Waals surface area contributed by atoms with Crippen molar-refractivity contribution in [2.24, 2.45) is 0 Å². The number of nitrogens with one attached hydrogen (secondary N) is 2. The molecule has 0 unspecified atom stereocenters. The average molecular weight is 333 g/mol. The number of aromatic amines is 1. The van der Waals surface area contributed by atoms with Crippen molar-refractivity contribution < 1.29 is 14.3 Å². The summed E-state index contributed by atoms with van der Waals surface area (Å²) in [7, 11) is 2.06. The molecule has 2 saturated heterocycles. The fourth-order valence-electron chi connectivity index (χ4n) is 3.78. The Kier molecular flexibility index (Phi) is 3.80. The second kappa shape index (κ2) is 5.86. The molecule has 1 aromatic heterocycles. The molecule has 8 nitrogen and oxygen atoms in total. The van der Waals surface area contributed by atoms with E-state index in [-0.39, 0.29) is 24.0 Å². The molecule has 0 radical (unpaired) electrons. The number of morpholine rings is 1. The highest BCUT2D eigenvalue weighted by atomic mass is 16.5. The average Bonchev–Trinajstić information content (AvgIpc) is 3.01. The molecule has 4 heterocycles. The van der Waals surface area contributed by atoms with Crippen LogP contribution in [0.1, 0.15) is 34.6 Å². The summed E-state index contributed by atoms with van der Waals surface area (Å²) in [6.07, 6.45) is 2.39. The number of carbonyl (C=O) groups excluding carboxylic acids is 2. The number of piperidine rings is 1. The molecular formula is C16H23N5O3. The number of H-pyrrole nitrogens is 1. The van der Waals surface area contributed by atoms with Crippen LogP contribution in [0.5, 0.6) is 0 Å². The number of hydrogen-bond donors (Lipinski definition) is 2. The number of aromatic nitrogens is 2. The van der Waals surface area contributed by atoms with Gasteiger partial charge in [-0.05, 0) is 19.9 Å². The summed E-state index contributed by atoms with van der Waals surface area (Å²) in [5.41, 5.74) is 2.37. The number of carbonyl (C=O) groups is 2. The van der Waals surface area contributed by atoms with Gasteiger partial charge >= 0.3 is 0 Å². The third kappa shape index (κ3) is 2.69. The standard InChI is InChI=1S/C16H23N5O3/c1-20-5-2-12-11(8-20)14(19-18-12)15(23)21-6-3-16(4-7-21)10-17-13(22)9-24-16/h2-10H2,1H3,(H,17,22)(H,18,19). The van der Waals surface area contributed by atoms with Crippen molar-refractivity contribution >= 4 is 11.8 Å². The number of rotatable bonds is 1. The number of ether oxygens (including phenoxy) is 1. The highest BCUT2D eigenvalue weighted by molar-refractivity contribution is 5.94. The van der Waals surface area contributed by atoms with Gasteiger partial charge in [-0.15, -0.1) is 0 Å². The molecule has 8 heteroatoms. The predicted molar refractivity (Wildman–Crippen MR) is 85.5 cm³/mol. The van der Waals surface area contributed by atoms with E-state index in [1.54, 1.807) is 0 Å². The van der Waals surface area contributed by atoms with Crippen LogP contribution in [0, 0.1) is 0 Å². The van der Waals surface area contributed by atoms with Gasteiger partial charge in [0.05, 0.1) is 5.60 Å². The van der Waals surface area contributed by atoms with E-state index in [0.717, 1.165) is 43.6 Å². The van der Waals surface area contributed by atoms with Gasteiger partial charge in [-0.1, -0.05) is 0 Å². The second-order valence-electron chi connectivity index (χ2n) is 7.06. The highest BCUT2D eigenvalue weighted by Gasteiger charge is 2.40. The van der Waals surface area contributed by atoms with Gasteiger partial charge in [0.1, 0.15) is 6.61 Å². The lowest BCUT2D eigenvalue weighted by Crippen LogP contribution is -2.58. The molecule has 2 N–H and O–H groups in total. The van der Waals surface area contributed by atoms with Crippen molar-refractivity contribution in [1.82, 2.24) is 25.3 Å². The Hall–Kier alpha value is -1.93. The fourth-order valence-corrected chi connectivity index (χ4v) is 3.78. The molecule has 2 fully saturated rings. The van der Waals surface area contributed by atoms with Gasteiger partial charge in [0.2, 0.25) is 5.91 Å². The number of nitrogens with zero attached hydrogens (tertiary/aromatic N) is 3. The molecule has 0 aromatic carbocycles. The van der Waals surface area contributed by atoms with Crippen molar-refractivity contribution in [2.75, 3.05) is 39.8 Å². The first kappa shape index (κ1) is 15.6. The van der Waals surface area contributed by atoms with Gasteiger partial charge in [-0.3, -0.25) is 14.7 Å². The zero-order valence-corrected chi connectivity index (χ0v) is 13.9. The van der Waals surface area contributed by atoms with Crippen molar-refractivity contribution in [1.29, 1.82) is 0 Å². The molecule has 0 aliphatic carbocycles. The third-order valence-electron chi connectivity index (χ3n) is 5.41. The van der Waals surface area contributed by atoms with Crippen LogP contribution in [0.4, 0.5) is 0 Å². The Morgan fingerprint density at radius 3 is 2.79 bits per heavy atom. The first-order chi connectivity index (χ1) is 11.6. The molecular weight excluding hydrogens is 310 g/mol. The van der Waals surface area contributed by atoms with E-state index in [9.17, 15) is 9.59 Å². The maximum Gasteiger partial charge on any atom is 0.274 e. The summed E-state index contributed by atoms with van der Waals surface area (Å²) < 4.78 is 5.76. The Labute approximate surface area is 140 Å². The van der Waals surface area contributed by atoms with Gasteiger partial charge in [-0.25, -0.2) is 0 Å². The molecule has 3 aliphatic rings. The van der Waals surface area contributed by atoms with Crippen LogP contribution in [0.25, 0.3) is 0 Å². The normalized spacial score (nSPS) is 23.9. The van der Waals surface area contributed by atoms with E-state index in [2.05, 4.69) is 27.5 Å². The lowest BCUT2D eigenvalue weighted by Gasteiger charge is -2.43. The van der Waals surface area contributed by atoms with E-state index in [0.29, 0.717) is 25.3 Å². The maximum absolute atomic E-state index is 12.9. The summed E-state index contributed by atoms with van der Waals surface area (Å²) in [4.78, 5) is 28.2. The van der Waals surface area contributed by atoms with E-state index < -0.39 is 0 Å². The lowest BCUT2D eigenvalue weighted by molar-refractivity contribution is -0.149. The Balaban J connectivity index is 1.44. The number of likely N-dealkylation sites (N-methyl/N-ethyl adjacent to an activating group) is 1. The summed E-state index contributed by atoms with van der Waals surface area (Å²) >= 11 is 0. The summed E-state index contributed by atoms with van der Waals surface area (Å²) in [5.74, 6) is -0.0658. The van der Waals surface area contributed by atoms with Crippen LogP contribution in [-0.4, -0.2) is 77.2 Å². The molecule has 1 aromatic rings. The van der Waals surface area contributed by atoms with Gasteiger partial charge in [-0.2, -0.15) is 5.10 Å². The van der Waals surface area contributed by atoms with Crippen molar-refractivity contribution in [2.45, 2.75) is 31.4 Å². The number of amides is 2. The van der Waals surface area contributed by atoms with Crippen LogP contribution >= 0.6 is 0 Å². The SMILES string of the molecule is CN1CCc2[nH]nc(C(=O)N3CCC4(CC3)CNC(=O)CO4)c2C1. The molecule has 1 spiro atoms. The van der Waals surface area contributed by atoms with E-state index >= 15 is 0 Å². The van der Waals surface area contributed by atoms with Crippen molar-refractivity contribution in [3.05, 3.63) is 17.0 Å². The summed E-state index contributed by atoms with van der Waals surface area (Å²) in [5, 5.41) is 10.2. The molecule has 3 aliphatic heterocycles. The van der Waals surface area contributed by atoms with E-state index in [1.165, 1.54) is 0 Å². The molecule has 4 rings (SSSR count). The maximum atomic E-state index is 12.9. The highest BCUT2D eigenvalue weighted by Crippen LogP contribution is 2.29. The number of likely N-dealkylation sites (tertiary alicyclic amines) is 1. The van der Waals surface area contributed by atoms with E-state index in [1.807, 2.05) is 4.90 Å². The van der Waals surface area contributed by atoms with E-state index in [4.69, 9.17) is 4.74 Å². The molecule has 2 amide bonds. The minimum atomic E-state index is -0.310. The topological polar surface area (TPSA) is 90.6 Å². The minimum Gasteiger partial charge on any atom is -0.363 e. The Morgan fingerprint density at radius 1 is 1.29 bits per heavy atom. The molecule has 0 saturated carbocycles. The molecule has 0 atom stereocenters.